The molecule has 5 rings (SSSR count). The minimum atomic E-state index is -5.84. The van der Waals surface area contributed by atoms with Gasteiger partial charge < -0.3 is 9.84 Å². The molecule has 0 radical (unpaired) electrons. The van der Waals surface area contributed by atoms with Crippen LogP contribution in [0.15, 0.2) is 24.3 Å². The highest BCUT2D eigenvalue weighted by Gasteiger charge is 2.71. The van der Waals surface area contributed by atoms with Gasteiger partial charge in [0.1, 0.15) is 5.60 Å². The van der Waals surface area contributed by atoms with E-state index in [1.807, 2.05) is 13.8 Å². The van der Waals surface area contributed by atoms with Gasteiger partial charge in [-0.15, -0.1) is 0 Å². The Morgan fingerprint density at radius 1 is 0.857 bits per heavy atom. The van der Waals surface area contributed by atoms with Gasteiger partial charge in [0.25, 0.3) is 5.60 Å². The third-order valence-electron chi connectivity index (χ3n) is 10.2. The first-order chi connectivity index (χ1) is 19.0. The van der Waals surface area contributed by atoms with E-state index in [1.54, 1.807) is 6.92 Å². The SMILES string of the molecule is CCC(C)(C(=O)OC1(C)C2CC3CC(C2)CC1C3)C(F)(F)F.CCC(C)c1ccc(C(O)(C(F)(F)F)C(F)(F)F)cc1. The van der Waals surface area contributed by atoms with Gasteiger partial charge >= 0.3 is 24.5 Å². The van der Waals surface area contributed by atoms with Gasteiger partial charge in [0.05, 0.1) is 0 Å². The van der Waals surface area contributed by atoms with Crippen LogP contribution in [0.3, 0.4) is 0 Å². The maximum Gasteiger partial charge on any atom is 0.430 e. The van der Waals surface area contributed by atoms with Gasteiger partial charge in [-0.05, 0) is 93.9 Å². The van der Waals surface area contributed by atoms with Crippen LogP contribution in [0, 0.1) is 29.1 Å². The number of ether oxygens (including phenoxy) is 1. The summed E-state index contributed by atoms with van der Waals surface area (Å²) in [6.45, 7) is 7.89. The summed E-state index contributed by atoms with van der Waals surface area (Å²) in [6.07, 6.45) is -10.6. The third kappa shape index (κ3) is 6.02. The van der Waals surface area contributed by atoms with Gasteiger partial charge in [-0.25, -0.2) is 0 Å². The molecule has 1 aromatic carbocycles. The molecule has 1 N–H and O–H groups in total. The second kappa shape index (κ2) is 11.5. The van der Waals surface area contributed by atoms with E-state index in [0.29, 0.717) is 36.0 Å². The first-order valence-electron chi connectivity index (χ1n) is 14.3. The summed E-state index contributed by atoms with van der Waals surface area (Å²) in [5, 5.41) is 9.19. The summed E-state index contributed by atoms with van der Waals surface area (Å²) >= 11 is 0. The second-order valence-corrected chi connectivity index (χ2v) is 12.7. The Labute approximate surface area is 240 Å². The van der Waals surface area contributed by atoms with Crippen molar-refractivity contribution in [3.05, 3.63) is 35.4 Å². The molecule has 4 fully saturated rings. The highest BCUT2D eigenvalue weighted by Crippen LogP contribution is 2.60. The van der Waals surface area contributed by atoms with Crippen LogP contribution in [0.25, 0.3) is 0 Å². The Kier molecular flexibility index (Phi) is 9.45. The molecule has 4 bridgehead atoms. The standard InChI is InChI=1S/C17H25F3O2.C13H14F6O/c1-4-15(2,17(18,19)20)14(21)22-16(3)12-6-10-5-11(8-12)9-13(16)7-10;1-3-8(2)9-4-6-10(7-5-9)11(20,12(14,15)16)13(17,18)19/h10-13H,4-9H2,1-3H3;4-8,20H,3H2,1-2H3. The smallest absolute Gasteiger partial charge is 0.430 e. The number of halogens is 9. The number of rotatable bonds is 6. The van der Waals surface area contributed by atoms with E-state index in [9.17, 15) is 49.4 Å². The molecular weight excluding hydrogens is 579 g/mol. The summed E-state index contributed by atoms with van der Waals surface area (Å²) in [5.41, 5.74) is -8.57. The molecule has 3 nitrogen and oxygen atoms in total. The minimum Gasteiger partial charge on any atom is -0.458 e. The second-order valence-electron chi connectivity index (χ2n) is 12.7. The fourth-order valence-electron chi connectivity index (χ4n) is 6.84. The maximum atomic E-state index is 13.3. The number of alkyl halides is 9. The zero-order chi connectivity index (χ0) is 32.1. The summed E-state index contributed by atoms with van der Waals surface area (Å²) in [7, 11) is 0. The number of benzene rings is 1. The Balaban J connectivity index is 0.000000232. The molecule has 4 aliphatic rings. The molecule has 0 aliphatic heterocycles. The Morgan fingerprint density at radius 3 is 1.62 bits per heavy atom. The highest BCUT2D eigenvalue weighted by molar-refractivity contribution is 5.78. The molecule has 2 atom stereocenters. The van der Waals surface area contributed by atoms with Gasteiger partial charge in [-0.3, -0.25) is 4.79 Å². The normalized spacial score (nSPS) is 29.8. The summed E-state index contributed by atoms with van der Waals surface area (Å²) in [5.74, 6) is 0.777. The van der Waals surface area contributed by atoms with Crippen molar-refractivity contribution in [2.75, 3.05) is 0 Å². The van der Waals surface area contributed by atoms with Crippen LogP contribution in [0.2, 0.25) is 0 Å². The van der Waals surface area contributed by atoms with Crippen LogP contribution in [0.4, 0.5) is 39.5 Å². The zero-order valence-corrected chi connectivity index (χ0v) is 24.3. The molecule has 240 valence electrons. The van der Waals surface area contributed by atoms with Crippen molar-refractivity contribution < 1.29 is 54.2 Å². The molecule has 12 heteroatoms. The van der Waals surface area contributed by atoms with Gasteiger partial charge in [-0.1, -0.05) is 45.0 Å². The van der Waals surface area contributed by atoms with Crippen LogP contribution < -0.4 is 0 Å². The van der Waals surface area contributed by atoms with Crippen LogP contribution >= 0.6 is 0 Å². The van der Waals surface area contributed by atoms with E-state index in [1.165, 1.54) is 25.5 Å². The lowest BCUT2D eigenvalue weighted by Crippen LogP contribution is -2.59. The predicted octanol–water partition coefficient (Wildman–Crippen LogP) is 9.24. The molecule has 0 aromatic heterocycles. The Hall–Kier alpha value is -1.98. The molecule has 0 spiro atoms. The molecular formula is C30H39F9O3. The van der Waals surface area contributed by atoms with E-state index in [-0.39, 0.29) is 24.2 Å². The van der Waals surface area contributed by atoms with Crippen molar-refractivity contribution in [3.8, 4) is 0 Å². The van der Waals surface area contributed by atoms with Crippen LogP contribution in [-0.4, -0.2) is 35.2 Å². The Bertz CT molecular complexity index is 1050. The van der Waals surface area contributed by atoms with Gasteiger partial charge in [0.15, 0.2) is 5.41 Å². The maximum absolute atomic E-state index is 13.3. The fourth-order valence-corrected chi connectivity index (χ4v) is 6.84. The molecule has 0 heterocycles. The fraction of sp³-hybridized carbons (Fsp3) is 0.767. The number of esters is 1. The third-order valence-corrected chi connectivity index (χ3v) is 10.2. The van der Waals surface area contributed by atoms with Crippen molar-refractivity contribution in [2.45, 2.75) is 115 Å². The molecule has 4 saturated carbocycles. The average molecular weight is 619 g/mol. The van der Waals surface area contributed by atoms with Crippen molar-refractivity contribution in [1.82, 2.24) is 0 Å². The first kappa shape index (κ1) is 34.5. The van der Waals surface area contributed by atoms with Crippen molar-refractivity contribution in [1.29, 1.82) is 0 Å². The lowest BCUT2D eigenvalue weighted by Gasteiger charge is -2.59. The van der Waals surface area contributed by atoms with Crippen molar-refractivity contribution in [2.24, 2.45) is 29.1 Å². The Morgan fingerprint density at radius 2 is 1.29 bits per heavy atom. The van der Waals surface area contributed by atoms with E-state index in [2.05, 4.69) is 0 Å². The zero-order valence-electron chi connectivity index (χ0n) is 24.3. The average Bonchev–Trinajstić information content (AvgIpc) is 2.88. The quantitative estimate of drug-likeness (QED) is 0.255. The summed E-state index contributed by atoms with van der Waals surface area (Å²) < 4.78 is 121. The van der Waals surface area contributed by atoms with Crippen LogP contribution in [0.1, 0.15) is 96.6 Å². The van der Waals surface area contributed by atoms with Crippen molar-refractivity contribution >= 4 is 5.97 Å². The van der Waals surface area contributed by atoms with E-state index < -0.39 is 46.7 Å². The van der Waals surface area contributed by atoms with Crippen LogP contribution in [-0.2, 0) is 15.1 Å². The minimum absolute atomic E-state index is 0.00826. The molecule has 0 saturated heterocycles. The van der Waals surface area contributed by atoms with Gasteiger partial charge in [0, 0.05) is 5.56 Å². The van der Waals surface area contributed by atoms with Crippen molar-refractivity contribution in [3.63, 3.8) is 0 Å². The number of carbonyl (C=O) groups excluding carboxylic acids is 1. The van der Waals surface area contributed by atoms with E-state index in [4.69, 9.17) is 4.74 Å². The summed E-state index contributed by atoms with van der Waals surface area (Å²) in [4.78, 5) is 12.4. The number of aliphatic hydroxyl groups is 1. The first-order valence-corrected chi connectivity index (χ1v) is 14.3. The highest BCUT2D eigenvalue weighted by atomic mass is 19.4. The molecule has 42 heavy (non-hydrogen) atoms. The van der Waals surface area contributed by atoms with Gasteiger partial charge in [0.2, 0.25) is 0 Å². The molecule has 1 aromatic rings. The van der Waals surface area contributed by atoms with Crippen LogP contribution in [0.5, 0.6) is 0 Å². The lowest BCUT2D eigenvalue weighted by molar-refractivity contribution is -0.376. The molecule has 0 amide bonds. The number of carbonyl (C=O) groups is 1. The monoisotopic (exact) mass is 618 g/mol. The lowest BCUT2D eigenvalue weighted by atomic mass is 9.50. The predicted molar refractivity (Wildman–Crippen MR) is 137 cm³/mol. The molecule has 2 unspecified atom stereocenters. The molecule has 4 aliphatic carbocycles. The van der Waals surface area contributed by atoms with E-state index >= 15 is 0 Å². The van der Waals surface area contributed by atoms with Gasteiger partial charge in [-0.2, -0.15) is 39.5 Å². The topological polar surface area (TPSA) is 46.5 Å². The summed E-state index contributed by atoms with van der Waals surface area (Å²) in [6, 6.07) is 3.68. The number of hydrogen-bond donors (Lipinski definition) is 1. The van der Waals surface area contributed by atoms with E-state index in [0.717, 1.165) is 32.6 Å². The number of hydrogen-bond acceptors (Lipinski definition) is 3. The largest absolute Gasteiger partial charge is 0.458 e.